The van der Waals surface area contributed by atoms with Crippen molar-refractivity contribution in [1.82, 2.24) is 4.90 Å². The lowest BCUT2D eigenvalue weighted by Crippen LogP contribution is -2.44. The summed E-state index contributed by atoms with van der Waals surface area (Å²) in [5.41, 5.74) is 5.11. The van der Waals surface area contributed by atoms with Crippen molar-refractivity contribution in [2.75, 3.05) is 13.1 Å². The number of nitrogens with zero attached hydrogens (tertiary/aromatic N) is 2. The standard InChI is InChI=1S/C12H21N3O2/c1-8(2)6-15(7-11(14)16)12(17)10(5-13)9(3)4/h8-10H,6-7H2,1-4H3,(H2,14,16). The van der Waals surface area contributed by atoms with Crippen LogP contribution in [-0.2, 0) is 9.59 Å². The molecule has 5 nitrogen and oxygen atoms in total. The third-order valence-electron chi connectivity index (χ3n) is 2.32. The molecule has 17 heavy (non-hydrogen) atoms. The minimum Gasteiger partial charge on any atom is -0.368 e. The molecule has 0 heterocycles. The van der Waals surface area contributed by atoms with Gasteiger partial charge in [0.1, 0.15) is 5.92 Å². The molecule has 0 aromatic carbocycles. The molecule has 0 saturated heterocycles. The van der Waals surface area contributed by atoms with Gasteiger partial charge in [0.05, 0.1) is 12.6 Å². The third-order valence-corrected chi connectivity index (χ3v) is 2.32. The molecular formula is C12H21N3O2. The summed E-state index contributed by atoms with van der Waals surface area (Å²) in [6.45, 7) is 7.82. The van der Waals surface area contributed by atoms with E-state index >= 15 is 0 Å². The molecule has 0 aliphatic carbocycles. The number of amides is 2. The van der Waals surface area contributed by atoms with Crippen molar-refractivity contribution < 1.29 is 9.59 Å². The molecule has 0 rings (SSSR count). The minimum absolute atomic E-state index is 0.0740. The Hall–Kier alpha value is -1.57. The van der Waals surface area contributed by atoms with Crippen molar-refractivity contribution in [3.63, 3.8) is 0 Å². The van der Waals surface area contributed by atoms with Gasteiger partial charge in [-0.05, 0) is 11.8 Å². The SMILES string of the molecule is CC(C)CN(CC(N)=O)C(=O)C(C#N)C(C)C. The van der Waals surface area contributed by atoms with E-state index in [9.17, 15) is 9.59 Å². The predicted molar refractivity (Wildman–Crippen MR) is 64.6 cm³/mol. The summed E-state index contributed by atoms with van der Waals surface area (Å²) in [4.78, 5) is 24.4. The van der Waals surface area contributed by atoms with Gasteiger partial charge < -0.3 is 10.6 Å². The van der Waals surface area contributed by atoms with E-state index in [1.807, 2.05) is 33.8 Å². The molecule has 2 N–H and O–H groups in total. The summed E-state index contributed by atoms with van der Waals surface area (Å²) in [5, 5.41) is 8.97. The van der Waals surface area contributed by atoms with E-state index in [1.165, 1.54) is 4.90 Å². The first-order chi connectivity index (χ1) is 7.79. The molecule has 0 radical (unpaired) electrons. The largest absolute Gasteiger partial charge is 0.368 e. The van der Waals surface area contributed by atoms with Crippen LogP contribution >= 0.6 is 0 Å². The topological polar surface area (TPSA) is 87.2 Å². The Kier molecular flexibility index (Phi) is 6.26. The van der Waals surface area contributed by atoms with Crippen LogP contribution in [0, 0.1) is 29.1 Å². The van der Waals surface area contributed by atoms with Crippen LogP contribution < -0.4 is 5.73 Å². The Morgan fingerprint density at radius 1 is 1.29 bits per heavy atom. The van der Waals surface area contributed by atoms with Crippen molar-refractivity contribution in [1.29, 1.82) is 5.26 Å². The summed E-state index contributed by atoms with van der Waals surface area (Å²) in [6.07, 6.45) is 0. The van der Waals surface area contributed by atoms with E-state index < -0.39 is 11.8 Å². The van der Waals surface area contributed by atoms with Gasteiger partial charge in [0.2, 0.25) is 11.8 Å². The Balaban J connectivity index is 4.84. The molecule has 5 heteroatoms. The Morgan fingerprint density at radius 2 is 1.82 bits per heavy atom. The number of hydrogen-bond donors (Lipinski definition) is 1. The van der Waals surface area contributed by atoms with Crippen LogP contribution in [0.2, 0.25) is 0 Å². The maximum absolute atomic E-state index is 12.1. The number of hydrogen-bond acceptors (Lipinski definition) is 3. The second-order valence-corrected chi connectivity index (χ2v) is 4.93. The second kappa shape index (κ2) is 6.89. The Morgan fingerprint density at radius 3 is 2.12 bits per heavy atom. The highest BCUT2D eigenvalue weighted by molar-refractivity contribution is 5.86. The van der Waals surface area contributed by atoms with Gasteiger partial charge in [-0.3, -0.25) is 9.59 Å². The van der Waals surface area contributed by atoms with Crippen LogP contribution in [0.4, 0.5) is 0 Å². The lowest BCUT2D eigenvalue weighted by atomic mass is 9.95. The molecule has 0 saturated carbocycles. The molecule has 0 aliphatic rings. The van der Waals surface area contributed by atoms with Crippen molar-refractivity contribution in [3.05, 3.63) is 0 Å². The van der Waals surface area contributed by atoms with Gasteiger partial charge in [-0.1, -0.05) is 27.7 Å². The van der Waals surface area contributed by atoms with E-state index in [-0.39, 0.29) is 24.3 Å². The highest BCUT2D eigenvalue weighted by atomic mass is 16.2. The van der Waals surface area contributed by atoms with Gasteiger partial charge in [-0.25, -0.2) is 0 Å². The third kappa shape index (κ3) is 5.34. The number of rotatable bonds is 6. The van der Waals surface area contributed by atoms with Gasteiger partial charge in [0.25, 0.3) is 0 Å². The van der Waals surface area contributed by atoms with Crippen LogP contribution in [0.5, 0.6) is 0 Å². The molecular weight excluding hydrogens is 218 g/mol. The van der Waals surface area contributed by atoms with Crippen molar-refractivity contribution in [2.45, 2.75) is 27.7 Å². The van der Waals surface area contributed by atoms with Crippen molar-refractivity contribution in [2.24, 2.45) is 23.5 Å². The molecule has 0 aliphatic heterocycles. The predicted octanol–water partition coefficient (Wildman–Crippen LogP) is 0.752. The Bertz CT molecular complexity index is 318. The average molecular weight is 239 g/mol. The first-order valence-electron chi connectivity index (χ1n) is 5.76. The van der Waals surface area contributed by atoms with Crippen molar-refractivity contribution in [3.8, 4) is 6.07 Å². The number of carbonyl (C=O) groups excluding carboxylic acids is 2. The van der Waals surface area contributed by atoms with E-state index in [2.05, 4.69) is 0 Å². The van der Waals surface area contributed by atoms with Gasteiger partial charge in [0, 0.05) is 6.54 Å². The zero-order chi connectivity index (χ0) is 13.6. The molecule has 1 unspecified atom stereocenters. The van der Waals surface area contributed by atoms with Crippen LogP contribution in [-0.4, -0.2) is 29.8 Å². The fourth-order valence-corrected chi connectivity index (χ4v) is 1.55. The molecule has 0 spiro atoms. The lowest BCUT2D eigenvalue weighted by Gasteiger charge is -2.26. The number of nitriles is 1. The summed E-state index contributed by atoms with van der Waals surface area (Å²) >= 11 is 0. The summed E-state index contributed by atoms with van der Waals surface area (Å²) in [5.74, 6) is -1.43. The van der Waals surface area contributed by atoms with E-state index in [1.54, 1.807) is 0 Å². The maximum Gasteiger partial charge on any atom is 0.240 e. The zero-order valence-electron chi connectivity index (χ0n) is 10.9. The molecule has 0 aromatic rings. The molecule has 1 atom stereocenters. The highest BCUT2D eigenvalue weighted by Gasteiger charge is 2.28. The average Bonchev–Trinajstić information content (AvgIpc) is 2.15. The summed E-state index contributed by atoms with van der Waals surface area (Å²) < 4.78 is 0. The molecule has 96 valence electrons. The molecule has 0 fully saturated rings. The van der Waals surface area contributed by atoms with E-state index in [0.29, 0.717) is 6.54 Å². The second-order valence-electron chi connectivity index (χ2n) is 4.93. The smallest absolute Gasteiger partial charge is 0.240 e. The van der Waals surface area contributed by atoms with Gasteiger partial charge in [-0.2, -0.15) is 5.26 Å². The number of primary amides is 1. The monoisotopic (exact) mass is 239 g/mol. The summed E-state index contributed by atoms with van der Waals surface area (Å²) in [6, 6.07) is 1.98. The maximum atomic E-state index is 12.1. The van der Waals surface area contributed by atoms with Gasteiger partial charge >= 0.3 is 0 Å². The first kappa shape index (κ1) is 15.4. The fourth-order valence-electron chi connectivity index (χ4n) is 1.55. The molecule has 0 aromatic heterocycles. The minimum atomic E-state index is -0.715. The van der Waals surface area contributed by atoms with Crippen LogP contribution in [0.3, 0.4) is 0 Å². The van der Waals surface area contributed by atoms with E-state index in [4.69, 9.17) is 11.0 Å². The molecule has 0 bridgehead atoms. The van der Waals surface area contributed by atoms with Crippen LogP contribution in [0.25, 0.3) is 0 Å². The zero-order valence-corrected chi connectivity index (χ0v) is 10.9. The quantitative estimate of drug-likeness (QED) is 0.742. The number of nitrogens with two attached hydrogens (primary N) is 1. The Labute approximate surface area is 103 Å². The highest BCUT2D eigenvalue weighted by Crippen LogP contribution is 2.14. The summed E-state index contributed by atoms with van der Waals surface area (Å²) in [7, 11) is 0. The van der Waals surface area contributed by atoms with Crippen LogP contribution in [0.1, 0.15) is 27.7 Å². The van der Waals surface area contributed by atoms with Gasteiger partial charge in [-0.15, -0.1) is 0 Å². The lowest BCUT2D eigenvalue weighted by molar-refractivity contribution is -0.138. The normalized spacial score (nSPS) is 12.3. The molecule has 2 amide bonds. The van der Waals surface area contributed by atoms with Crippen LogP contribution in [0.15, 0.2) is 0 Å². The van der Waals surface area contributed by atoms with Gasteiger partial charge in [0.15, 0.2) is 0 Å². The fraction of sp³-hybridized carbons (Fsp3) is 0.750. The van der Waals surface area contributed by atoms with E-state index in [0.717, 1.165) is 0 Å². The number of carbonyl (C=O) groups is 2. The van der Waals surface area contributed by atoms with Crippen molar-refractivity contribution >= 4 is 11.8 Å². The first-order valence-corrected chi connectivity index (χ1v) is 5.76.